The summed E-state index contributed by atoms with van der Waals surface area (Å²) < 4.78 is 33.6. The fourth-order valence-corrected chi connectivity index (χ4v) is 1.77. The van der Waals surface area contributed by atoms with E-state index in [0.717, 1.165) is 6.07 Å². The number of esters is 1. The highest BCUT2D eigenvalue weighted by molar-refractivity contribution is 6.18. The molecule has 0 atom stereocenters. The Hall–Kier alpha value is -1.87. The molecule has 0 radical (unpaired) electrons. The first-order chi connectivity index (χ1) is 9.04. The van der Waals surface area contributed by atoms with Gasteiger partial charge in [-0.1, -0.05) is 0 Å². The van der Waals surface area contributed by atoms with E-state index >= 15 is 0 Å². The van der Waals surface area contributed by atoms with Crippen LogP contribution >= 0.6 is 11.6 Å². The van der Waals surface area contributed by atoms with Crippen molar-refractivity contribution in [1.82, 2.24) is 0 Å². The van der Waals surface area contributed by atoms with Gasteiger partial charge in [-0.3, -0.25) is 0 Å². The lowest BCUT2D eigenvalue weighted by Gasteiger charge is -2.14. The number of hydrogen-bond acceptors (Lipinski definition) is 4. The van der Waals surface area contributed by atoms with Crippen LogP contribution in [0.15, 0.2) is 12.1 Å². The molecule has 0 saturated heterocycles. The van der Waals surface area contributed by atoms with Crippen LogP contribution in [0.1, 0.15) is 28.4 Å². The quantitative estimate of drug-likeness (QED) is 0.617. The third kappa shape index (κ3) is 3.55. The van der Waals surface area contributed by atoms with Crippen LogP contribution in [0.25, 0.3) is 0 Å². The summed E-state index contributed by atoms with van der Waals surface area (Å²) in [4.78, 5) is 11.8. The molecule has 4 nitrogen and oxygen atoms in total. The number of carbonyl (C=O) groups excluding carboxylic acids is 1. The molecule has 0 aliphatic heterocycles. The average molecular weight is 290 g/mol. The Balaban J connectivity index is 3.40. The third-order valence-corrected chi connectivity index (χ3v) is 2.49. The lowest BCUT2D eigenvalue weighted by Crippen LogP contribution is -2.13. The molecule has 0 aliphatic carbocycles. The van der Waals surface area contributed by atoms with Crippen LogP contribution in [-0.2, 0) is 10.6 Å². The van der Waals surface area contributed by atoms with Crippen molar-refractivity contribution in [3.8, 4) is 11.8 Å². The Morgan fingerprint density at radius 2 is 2.21 bits per heavy atom. The number of halogens is 3. The van der Waals surface area contributed by atoms with Crippen molar-refractivity contribution < 1.29 is 23.0 Å². The molecule has 0 bridgehead atoms. The smallest absolute Gasteiger partial charge is 0.387 e. The van der Waals surface area contributed by atoms with E-state index in [1.807, 2.05) is 6.07 Å². The first-order valence-corrected chi connectivity index (χ1v) is 5.82. The number of hydrogen-bond donors (Lipinski definition) is 0. The van der Waals surface area contributed by atoms with E-state index in [9.17, 15) is 13.6 Å². The fourth-order valence-electron chi connectivity index (χ4n) is 1.49. The monoisotopic (exact) mass is 289 g/mol. The number of benzene rings is 1. The van der Waals surface area contributed by atoms with Crippen LogP contribution in [0.5, 0.6) is 5.75 Å². The summed E-state index contributed by atoms with van der Waals surface area (Å²) in [5.41, 5.74) is -0.0170. The van der Waals surface area contributed by atoms with Gasteiger partial charge in [0.2, 0.25) is 0 Å². The van der Waals surface area contributed by atoms with Gasteiger partial charge >= 0.3 is 12.6 Å². The minimum atomic E-state index is -3.09. The van der Waals surface area contributed by atoms with Gasteiger partial charge in [0.05, 0.1) is 18.2 Å². The van der Waals surface area contributed by atoms with Gasteiger partial charge < -0.3 is 9.47 Å². The molecule has 0 spiro atoms. The first-order valence-electron chi connectivity index (χ1n) is 5.29. The summed E-state index contributed by atoms with van der Waals surface area (Å²) in [5.74, 6) is -1.41. The lowest BCUT2D eigenvalue weighted by atomic mass is 10.0. The second kappa shape index (κ2) is 6.90. The maximum atomic E-state index is 12.3. The van der Waals surface area contributed by atoms with E-state index in [1.54, 1.807) is 6.92 Å². The van der Waals surface area contributed by atoms with Crippen molar-refractivity contribution in [3.63, 3.8) is 0 Å². The molecular weight excluding hydrogens is 280 g/mol. The van der Waals surface area contributed by atoms with Crippen LogP contribution < -0.4 is 4.74 Å². The van der Waals surface area contributed by atoms with E-state index in [1.165, 1.54) is 6.07 Å². The molecule has 7 heteroatoms. The minimum absolute atomic E-state index is 0.0610. The van der Waals surface area contributed by atoms with Gasteiger partial charge in [0, 0.05) is 11.4 Å². The third-order valence-electron chi connectivity index (χ3n) is 2.22. The van der Waals surface area contributed by atoms with Crippen LogP contribution in [-0.4, -0.2) is 19.2 Å². The van der Waals surface area contributed by atoms with E-state index in [0.29, 0.717) is 0 Å². The second-order valence-corrected chi connectivity index (χ2v) is 3.58. The SMILES string of the molecule is CCOC(=O)c1c(OC(F)F)ccc(C#N)c1CCl. The van der Waals surface area contributed by atoms with Crippen molar-refractivity contribution in [2.45, 2.75) is 19.4 Å². The molecule has 0 N–H and O–H groups in total. The van der Waals surface area contributed by atoms with Crippen molar-refractivity contribution in [3.05, 3.63) is 28.8 Å². The number of nitrogens with zero attached hydrogens (tertiary/aromatic N) is 1. The van der Waals surface area contributed by atoms with Crippen LogP contribution in [0.4, 0.5) is 8.78 Å². The highest BCUT2D eigenvalue weighted by Crippen LogP contribution is 2.29. The molecule has 1 rings (SSSR count). The van der Waals surface area contributed by atoms with Gasteiger partial charge in [-0.05, 0) is 19.1 Å². The molecule has 1 aromatic rings. The number of ether oxygens (including phenoxy) is 2. The lowest BCUT2D eigenvalue weighted by molar-refractivity contribution is -0.0504. The Bertz CT molecular complexity index is 514. The molecule has 0 aliphatic rings. The van der Waals surface area contributed by atoms with Gasteiger partial charge in [-0.15, -0.1) is 11.6 Å². The van der Waals surface area contributed by atoms with E-state index in [-0.39, 0.29) is 34.9 Å². The number of rotatable bonds is 5. The minimum Gasteiger partial charge on any atom is -0.462 e. The summed E-state index contributed by atoms with van der Waals surface area (Å²) in [5, 5.41) is 8.91. The number of carbonyl (C=O) groups is 1. The number of nitriles is 1. The van der Waals surface area contributed by atoms with E-state index in [2.05, 4.69) is 4.74 Å². The van der Waals surface area contributed by atoms with Gasteiger partial charge in [-0.25, -0.2) is 4.79 Å². The van der Waals surface area contributed by atoms with Crippen LogP contribution in [0, 0.1) is 11.3 Å². The fraction of sp³-hybridized carbons (Fsp3) is 0.333. The molecule has 0 heterocycles. The van der Waals surface area contributed by atoms with Gasteiger partial charge in [0.15, 0.2) is 0 Å². The van der Waals surface area contributed by atoms with Crippen LogP contribution in [0.2, 0.25) is 0 Å². The van der Waals surface area contributed by atoms with Gasteiger partial charge in [-0.2, -0.15) is 14.0 Å². The Labute approximate surface area is 113 Å². The summed E-state index contributed by atoms with van der Waals surface area (Å²) in [7, 11) is 0. The maximum Gasteiger partial charge on any atom is 0.387 e. The Morgan fingerprint density at radius 3 is 2.68 bits per heavy atom. The molecule has 0 aromatic heterocycles. The molecule has 102 valence electrons. The average Bonchev–Trinajstić information content (AvgIpc) is 2.37. The summed E-state index contributed by atoms with van der Waals surface area (Å²) >= 11 is 5.67. The summed E-state index contributed by atoms with van der Waals surface area (Å²) in [6.07, 6.45) is 0. The topological polar surface area (TPSA) is 59.3 Å². The predicted molar refractivity (Wildman–Crippen MR) is 63.3 cm³/mol. The van der Waals surface area contributed by atoms with Crippen LogP contribution in [0.3, 0.4) is 0 Å². The van der Waals surface area contributed by atoms with E-state index < -0.39 is 12.6 Å². The highest BCUT2D eigenvalue weighted by atomic mass is 35.5. The molecule has 0 unspecified atom stereocenters. The summed E-state index contributed by atoms with van der Waals surface area (Å²) in [6.45, 7) is -1.46. The molecule has 19 heavy (non-hydrogen) atoms. The zero-order chi connectivity index (χ0) is 14.4. The maximum absolute atomic E-state index is 12.3. The number of alkyl halides is 3. The standard InChI is InChI=1S/C12H10ClF2NO3/c1-2-18-11(17)10-8(5-13)7(6-16)3-4-9(10)19-12(14)15/h3-4,12H,2,5H2,1H3. The second-order valence-electron chi connectivity index (χ2n) is 3.31. The molecule has 1 aromatic carbocycles. The van der Waals surface area contributed by atoms with Crippen molar-refractivity contribution >= 4 is 17.6 Å². The van der Waals surface area contributed by atoms with Crippen molar-refractivity contribution in [2.24, 2.45) is 0 Å². The molecule has 0 saturated carbocycles. The summed E-state index contributed by atoms with van der Waals surface area (Å²) in [6, 6.07) is 4.21. The first kappa shape index (κ1) is 15.2. The van der Waals surface area contributed by atoms with E-state index in [4.69, 9.17) is 21.6 Å². The predicted octanol–water partition coefficient (Wildman–Crippen LogP) is 3.08. The van der Waals surface area contributed by atoms with Gasteiger partial charge in [0.25, 0.3) is 0 Å². The Morgan fingerprint density at radius 1 is 1.53 bits per heavy atom. The van der Waals surface area contributed by atoms with Gasteiger partial charge in [0.1, 0.15) is 11.3 Å². The molecule has 0 fully saturated rings. The Kier molecular flexibility index (Phi) is 5.52. The highest BCUT2D eigenvalue weighted by Gasteiger charge is 2.23. The van der Waals surface area contributed by atoms with Crippen molar-refractivity contribution in [2.75, 3.05) is 6.61 Å². The zero-order valence-corrected chi connectivity index (χ0v) is 10.7. The zero-order valence-electron chi connectivity index (χ0n) is 9.95. The molecular formula is C12H10ClF2NO3. The molecule has 0 amide bonds. The normalized spacial score (nSPS) is 10.1. The largest absolute Gasteiger partial charge is 0.462 e. The van der Waals surface area contributed by atoms with Crippen molar-refractivity contribution in [1.29, 1.82) is 5.26 Å².